The lowest BCUT2D eigenvalue weighted by atomic mass is 10.1. The lowest BCUT2D eigenvalue weighted by Gasteiger charge is -2.25. The zero-order chi connectivity index (χ0) is 14.2. The molecule has 0 aliphatic carbocycles. The quantitative estimate of drug-likeness (QED) is 0.815. The number of ether oxygens (including phenoxy) is 1. The Kier molecular flexibility index (Phi) is 5.88. The number of hydrogen-bond acceptors (Lipinski definition) is 3. The van der Waals surface area contributed by atoms with Gasteiger partial charge in [-0.1, -0.05) is 31.9 Å². The van der Waals surface area contributed by atoms with Gasteiger partial charge in [-0.25, -0.2) is 0 Å². The smallest absolute Gasteiger partial charge is 0.123 e. The van der Waals surface area contributed by atoms with Gasteiger partial charge in [0.15, 0.2) is 0 Å². The van der Waals surface area contributed by atoms with Gasteiger partial charge >= 0.3 is 0 Å². The number of nitriles is 1. The molecule has 1 aromatic carbocycles. The summed E-state index contributed by atoms with van der Waals surface area (Å²) in [6, 6.07) is 10.3. The highest BCUT2D eigenvalue weighted by molar-refractivity contribution is 5.33. The summed E-state index contributed by atoms with van der Waals surface area (Å²) in [5, 5.41) is 9.56. The van der Waals surface area contributed by atoms with E-state index in [1.54, 1.807) is 0 Å². The van der Waals surface area contributed by atoms with E-state index in [1.165, 1.54) is 25.7 Å². The van der Waals surface area contributed by atoms with Crippen LogP contribution in [0.15, 0.2) is 24.3 Å². The van der Waals surface area contributed by atoms with Crippen LogP contribution in [0.2, 0.25) is 0 Å². The Hall–Kier alpha value is -1.53. The predicted octanol–water partition coefficient (Wildman–Crippen LogP) is 3.92. The number of likely N-dealkylation sites (tertiary alicyclic amines) is 1. The van der Waals surface area contributed by atoms with Gasteiger partial charge in [0.2, 0.25) is 0 Å². The van der Waals surface area contributed by atoms with Crippen molar-refractivity contribution < 1.29 is 4.74 Å². The summed E-state index contributed by atoms with van der Waals surface area (Å²) in [4.78, 5) is 2.31. The van der Waals surface area contributed by atoms with Crippen LogP contribution in [0.3, 0.4) is 0 Å². The summed E-state index contributed by atoms with van der Waals surface area (Å²) in [7, 11) is 0. The highest BCUT2D eigenvalue weighted by Crippen LogP contribution is 2.26. The van der Waals surface area contributed by atoms with E-state index < -0.39 is 0 Å². The third-order valence-corrected chi connectivity index (χ3v) is 3.77. The number of nitrogens with zero attached hydrogens (tertiary/aromatic N) is 2. The average Bonchev–Trinajstić information content (AvgIpc) is 2.76. The largest absolute Gasteiger partial charge is 0.494 e. The second kappa shape index (κ2) is 7.91. The van der Waals surface area contributed by atoms with Crippen molar-refractivity contribution in [1.82, 2.24) is 4.90 Å². The summed E-state index contributed by atoms with van der Waals surface area (Å²) >= 11 is 0. The number of benzene rings is 1. The molecule has 0 saturated carbocycles. The van der Waals surface area contributed by atoms with Gasteiger partial charge in [-0.3, -0.25) is 4.90 Å². The first-order chi connectivity index (χ1) is 9.85. The Labute approximate surface area is 122 Å². The van der Waals surface area contributed by atoms with E-state index in [4.69, 9.17) is 4.74 Å². The molecule has 1 aliphatic heterocycles. The van der Waals surface area contributed by atoms with Crippen molar-refractivity contribution in [2.45, 2.75) is 45.1 Å². The third-order valence-electron chi connectivity index (χ3n) is 3.77. The van der Waals surface area contributed by atoms with Crippen LogP contribution in [0.4, 0.5) is 0 Å². The molecule has 0 bridgehead atoms. The fourth-order valence-corrected chi connectivity index (χ4v) is 2.71. The minimum atomic E-state index is -0.140. The second-order valence-electron chi connectivity index (χ2n) is 5.40. The fourth-order valence-electron chi connectivity index (χ4n) is 2.71. The van der Waals surface area contributed by atoms with Crippen LogP contribution in [0.1, 0.15) is 50.6 Å². The molecule has 3 heteroatoms. The van der Waals surface area contributed by atoms with E-state index in [0.29, 0.717) is 0 Å². The molecule has 108 valence electrons. The van der Waals surface area contributed by atoms with Crippen LogP contribution in [-0.4, -0.2) is 24.6 Å². The van der Waals surface area contributed by atoms with Crippen molar-refractivity contribution in [1.29, 1.82) is 5.26 Å². The van der Waals surface area contributed by atoms with E-state index in [-0.39, 0.29) is 6.04 Å². The summed E-state index contributed by atoms with van der Waals surface area (Å²) in [5.41, 5.74) is 1.06. The Bertz CT molecular complexity index is 445. The first kappa shape index (κ1) is 14.9. The molecule has 1 aliphatic rings. The second-order valence-corrected chi connectivity index (χ2v) is 5.40. The summed E-state index contributed by atoms with van der Waals surface area (Å²) in [5.74, 6) is 0.874. The lowest BCUT2D eigenvalue weighted by Crippen LogP contribution is -2.28. The molecule has 3 nitrogen and oxygen atoms in total. The van der Waals surface area contributed by atoms with Gasteiger partial charge in [0, 0.05) is 0 Å². The maximum atomic E-state index is 9.56. The van der Waals surface area contributed by atoms with Gasteiger partial charge in [0.05, 0.1) is 12.7 Å². The molecule has 1 unspecified atom stereocenters. The fraction of sp³-hybridized carbons (Fsp3) is 0.588. The molecular formula is C17H24N2O. The first-order valence-corrected chi connectivity index (χ1v) is 7.71. The topological polar surface area (TPSA) is 36.3 Å². The van der Waals surface area contributed by atoms with Crippen molar-refractivity contribution in [3.05, 3.63) is 29.8 Å². The molecule has 1 atom stereocenters. The molecule has 2 rings (SSSR count). The molecule has 20 heavy (non-hydrogen) atoms. The Morgan fingerprint density at radius 1 is 1.25 bits per heavy atom. The Morgan fingerprint density at radius 3 is 2.65 bits per heavy atom. The predicted molar refractivity (Wildman–Crippen MR) is 80.6 cm³/mol. The van der Waals surface area contributed by atoms with Gasteiger partial charge in [-0.15, -0.1) is 0 Å². The van der Waals surface area contributed by atoms with Gasteiger partial charge in [-0.2, -0.15) is 5.26 Å². The van der Waals surface area contributed by atoms with Crippen molar-refractivity contribution in [2.75, 3.05) is 19.7 Å². The van der Waals surface area contributed by atoms with Crippen LogP contribution in [0.25, 0.3) is 0 Å². The highest BCUT2D eigenvalue weighted by Gasteiger charge is 2.21. The molecule has 0 aromatic heterocycles. The summed E-state index contributed by atoms with van der Waals surface area (Å²) in [6.45, 7) is 4.88. The van der Waals surface area contributed by atoms with E-state index in [0.717, 1.165) is 37.4 Å². The van der Waals surface area contributed by atoms with Crippen LogP contribution < -0.4 is 4.74 Å². The third kappa shape index (κ3) is 3.98. The zero-order valence-electron chi connectivity index (χ0n) is 12.3. The van der Waals surface area contributed by atoms with E-state index >= 15 is 0 Å². The molecule has 0 N–H and O–H groups in total. The van der Waals surface area contributed by atoms with Gasteiger partial charge in [0.1, 0.15) is 11.8 Å². The van der Waals surface area contributed by atoms with Crippen LogP contribution in [0, 0.1) is 11.3 Å². The molecule has 1 fully saturated rings. The molecule has 0 spiro atoms. The summed E-state index contributed by atoms with van der Waals surface area (Å²) in [6.07, 6.45) is 5.97. The monoisotopic (exact) mass is 272 g/mol. The van der Waals surface area contributed by atoms with Crippen LogP contribution >= 0.6 is 0 Å². The maximum absolute atomic E-state index is 9.56. The SMILES string of the molecule is CCCOc1cccc(C(C#N)N2CCCCCC2)c1. The van der Waals surface area contributed by atoms with Crippen molar-refractivity contribution in [3.8, 4) is 11.8 Å². The van der Waals surface area contributed by atoms with E-state index in [2.05, 4.69) is 17.9 Å². The molecule has 0 radical (unpaired) electrons. The number of rotatable bonds is 5. The van der Waals surface area contributed by atoms with Gasteiger partial charge in [0.25, 0.3) is 0 Å². The maximum Gasteiger partial charge on any atom is 0.123 e. The molecule has 1 aromatic rings. The molecule has 1 heterocycles. The molecular weight excluding hydrogens is 248 g/mol. The standard InChI is InChI=1S/C17H24N2O/c1-2-12-20-16-9-7-8-15(13-16)17(14-18)19-10-5-3-4-6-11-19/h7-9,13,17H,2-6,10-12H2,1H3. The number of hydrogen-bond donors (Lipinski definition) is 0. The zero-order valence-corrected chi connectivity index (χ0v) is 12.3. The van der Waals surface area contributed by atoms with Gasteiger partial charge in [-0.05, 0) is 50.0 Å². The van der Waals surface area contributed by atoms with Crippen LogP contribution in [-0.2, 0) is 0 Å². The van der Waals surface area contributed by atoms with Crippen molar-refractivity contribution in [3.63, 3.8) is 0 Å². The highest BCUT2D eigenvalue weighted by atomic mass is 16.5. The Balaban J connectivity index is 2.11. The molecule has 0 amide bonds. The van der Waals surface area contributed by atoms with E-state index in [9.17, 15) is 5.26 Å². The normalized spacial score (nSPS) is 18.0. The van der Waals surface area contributed by atoms with Crippen LogP contribution in [0.5, 0.6) is 5.75 Å². The van der Waals surface area contributed by atoms with E-state index in [1.807, 2.05) is 24.3 Å². The Morgan fingerprint density at radius 2 is 2.00 bits per heavy atom. The molecule has 1 saturated heterocycles. The van der Waals surface area contributed by atoms with Crippen molar-refractivity contribution in [2.24, 2.45) is 0 Å². The summed E-state index contributed by atoms with van der Waals surface area (Å²) < 4.78 is 5.67. The average molecular weight is 272 g/mol. The first-order valence-electron chi connectivity index (χ1n) is 7.71. The minimum absolute atomic E-state index is 0.140. The minimum Gasteiger partial charge on any atom is -0.494 e. The lowest BCUT2D eigenvalue weighted by molar-refractivity contribution is 0.245. The van der Waals surface area contributed by atoms with Crippen molar-refractivity contribution >= 4 is 0 Å². The van der Waals surface area contributed by atoms with Gasteiger partial charge < -0.3 is 4.74 Å².